The summed E-state index contributed by atoms with van der Waals surface area (Å²) in [7, 11) is 2.83. The fourth-order valence-corrected chi connectivity index (χ4v) is 5.07. The molecule has 1 aliphatic carbocycles. The number of methoxy groups -OCH3 is 2. The van der Waals surface area contributed by atoms with Gasteiger partial charge in [-0.05, 0) is 31.1 Å². The molecule has 0 fully saturated rings. The number of esters is 2. The van der Waals surface area contributed by atoms with Crippen LogP contribution in [0.4, 0.5) is 0 Å². The lowest BCUT2D eigenvalue weighted by Crippen LogP contribution is -2.43. The van der Waals surface area contributed by atoms with Crippen LogP contribution in [0.1, 0.15) is 38.7 Å². The number of carbonyl (C=O) groups excluding carboxylic acids is 3. The van der Waals surface area contributed by atoms with Crippen LogP contribution in [0, 0.1) is 11.8 Å². The lowest BCUT2D eigenvalue weighted by atomic mass is 9.69. The lowest BCUT2D eigenvalue weighted by molar-refractivity contribution is -0.151. The zero-order chi connectivity index (χ0) is 24.1. The van der Waals surface area contributed by atoms with Crippen molar-refractivity contribution in [2.24, 2.45) is 11.8 Å². The molecule has 3 atom stereocenters. The molecule has 1 aliphatic heterocycles. The van der Waals surface area contributed by atoms with Gasteiger partial charge in [-0.2, -0.15) is 11.8 Å². The van der Waals surface area contributed by atoms with E-state index >= 15 is 0 Å². The van der Waals surface area contributed by atoms with Crippen LogP contribution in [0.2, 0.25) is 0 Å². The number of thioether (sulfide) groups is 1. The monoisotopic (exact) mass is 473 g/mol. The number of dihydropyridines is 1. The Morgan fingerprint density at radius 2 is 1.94 bits per heavy atom. The molecule has 178 valence electrons. The van der Waals surface area contributed by atoms with E-state index in [1.165, 1.54) is 7.11 Å². The van der Waals surface area contributed by atoms with E-state index in [9.17, 15) is 14.4 Å². The van der Waals surface area contributed by atoms with Gasteiger partial charge in [0.25, 0.3) is 0 Å². The number of allylic oxidation sites excluding steroid dienone is 3. The van der Waals surface area contributed by atoms with Gasteiger partial charge in [0.05, 0.1) is 25.7 Å². The van der Waals surface area contributed by atoms with Crippen molar-refractivity contribution in [2.75, 3.05) is 32.3 Å². The first-order valence-corrected chi connectivity index (χ1v) is 12.2. The van der Waals surface area contributed by atoms with Crippen molar-refractivity contribution in [3.63, 3.8) is 0 Å². The van der Waals surface area contributed by atoms with Gasteiger partial charge in [0.15, 0.2) is 5.78 Å². The van der Waals surface area contributed by atoms with Crippen LogP contribution in [-0.2, 0) is 23.9 Å². The zero-order valence-corrected chi connectivity index (χ0v) is 20.5. The molecular formula is C25H31NO6S. The number of ketones is 1. The molecule has 33 heavy (non-hydrogen) atoms. The highest BCUT2D eigenvalue weighted by atomic mass is 32.2. The first-order chi connectivity index (χ1) is 15.8. The number of carbonyl (C=O) groups is 3. The molecule has 0 bridgehead atoms. The van der Waals surface area contributed by atoms with E-state index in [0.29, 0.717) is 40.3 Å². The maximum Gasteiger partial charge on any atom is 0.336 e. The summed E-state index contributed by atoms with van der Waals surface area (Å²) in [4.78, 5) is 39.5. The molecule has 0 aromatic heterocycles. The highest BCUT2D eigenvalue weighted by Gasteiger charge is 2.47. The molecule has 0 spiro atoms. The van der Waals surface area contributed by atoms with E-state index in [2.05, 4.69) is 5.32 Å². The van der Waals surface area contributed by atoms with Crippen LogP contribution in [0.5, 0.6) is 5.75 Å². The Hall–Kier alpha value is -2.74. The molecule has 7 nitrogen and oxygen atoms in total. The zero-order valence-electron chi connectivity index (χ0n) is 19.7. The summed E-state index contributed by atoms with van der Waals surface area (Å²) in [6.45, 7) is 5.99. The van der Waals surface area contributed by atoms with Crippen molar-refractivity contribution in [1.29, 1.82) is 0 Å². The van der Waals surface area contributed by atoms with Crippen LogP contribution >= 0.6 is 11.8 Å². The third-order valence-electron chi connectivity index (χ3n) is 6.08. The normalized spacial score (nSPS) is 22.5. The molecule has 1 N–H and O–H groups in total. The molecule has 1 heterocycles. The van der Waals surface area contributed by atoms with E-state index in [1.807, 2.05) is 39.0 Å². The SMILES string of the molecule is CCSCCOC(=O)C1=C(C)NC2=C(C(=O)[C@H](C(=O)OC)[C@H](C)C2)[C@H]1c1ccccc1OC. The van der Waals surface area contributed by atoms with Gasteiger partial charge in [0.2, 0.25) is 0 Å². The molecule has 0 saturated heterocycles. The van der Waals surface area contributed by atoms with E-state index in [4.69, 9.17) is 14.2 Å². The topological polar surface area (TPSA) is 90.9 Å². The molecule has 0 saturated carbocycles. The number of para-hydroxylation sites is 1. The van der Waals surface area contributed by atoms with Gasteiger partial charge in [0, 0.05) is 28.3 Å². The highest BCUT2D eigenvalue weighted by molar-refractivity contribution is 7.99. The van der Waals surface area contributed by atoms with Crippen molar-refractivity contribution < 1.29 is 28.6 Å². The summed E-state index contributed by atoms with van der Waals surface area (Å²) in [6.07, 6.45) is 0.485. The fraction of sp³-hybridized carbons (Fsp3) is 0.480. The third-order valence-corrected chi connectivity index (χ3v) is 6.94. The van der Waals surface area contributed by atoms with Gasteiger partial charge in [-0.25, -0.2) is 4.79 Å². The first-order valence-electron chi connectivity index (χ1n) is 11.1. The van der Waals surface area contributed by atoms with Gasteiger partial charge in [-0.3, -0.25) is 9.59 Å². The molecular weight excluding hydrogens is 442 g/mol. The minimum Gasteiger partial charge on any atom is -0.496 e. The van der Waals surface area contributed by atoms with Crippen LogP contribution in [0.15, 0.2) is 46.8 Å². The molecule has 3 rings (SSSR count). The number of hydrogen-bond acceptors (Lipinski definition) is 8. The quantitative estimate of drug-likeness (QED) is 0.348. The number of Topliss-reactive ketones (excluding diaryl/α,β-unsaturated/α-hetero) is 1. The summed E-state index contributed by atoms with van der Waals surface area (Å²) in [5, 5.41) is 3.27. The Kier molecular flexibility index (Phi) is 8.24. The standard InChI is InChI=1S/C25H31NO6S/c1-6-33-12-11-32-25(29)20-15(3)26-17-13-14(2)19(24(28)31-5)23(27)22(17)21(20)16-9-7-8-10-18(16)30-4/h7-10,14,19,21,26H,6,11-13H2,1-5H3/t14-,19-,21+/m1/s1. The van der Waals surface area contributed by atoms with E-state index in [-0.39, 0.29) is 18.3 Å². The third kappa shape index (κ3) is 4.95. The molecule has 0 unspecified atom stereocenters. The summed E-state index contributed by atoms with van der Waals surface area (Å²) >= 11 is 1.68. The summed E-state index contributed by atoms with van der Waals surface area (Å²) in [5.41, 5.74) is 2.78. The Bertz CT molecular complexity index is 998. The van der Waals surface area contributed by atoms with Gasteiger partial charge in [0.1, 0.15) is 18.3 Å². The predicted octanol–water partition coefficient (Wildman–Crippen LogP) is 3.60. The lowest BCUT2D eigenvalue weighted by Gasteiger charge is -2.38. The van der Waals surface area contributed by atoms with Gasteiger partial charge < -0.3 is 19.5 Å². The van der Waals surface area contributed by atoms with Gasteiger partial charge in [-0.1, -0.05) is 32.0 Å². The average molecular weight is 474 g/mol. The fourth-order valence-electron chi connectivity index (χ4n) is 4.58. The highest BCUT2D eigenvalue weighted by Crippen LogP contribution is 2.47. The van der Waals surface area contributed by atoms with Crippen LogP contribution < -0.4 is 10.1 Å². The smallest absolute Gasteiger partial charge is 0.336 e. The maximum absolute atomic E-state index is 13.7. The molecule has 0 radical (unpaired) electrons. The number of ether oxygens (including phenoxy) is 3. The number of benzene rings is 1. The van der Waals surface area contributed by atoms with Crippen molar-refractivity contribution >= 4 is 29.5 Å². The van der Waals surface area contributed by atoms with E-state index in [0.717, 1.165) is 11.4 Å². The minimum absolute atomic E-state index is 0.234. The number of nitrogens with one attached hydrogen (secondary N) is 1. The molecule has 0 amide bonds. The van der Waals surface area contributed by atoms with Crippen LogP contribution in [-0.4, -0.2) is 50.1 Å². The Balaban J connectivity index is 2.12. The van der Waals surface area contributed by atoms with Crippen LogP contribution in [0.3, 0.4) is 0 Å². The van der Waals surface area contributed by atoms with Crippen LogP contribution in [0.25, 0.3) is 0 Å². The maximum atomic E-state index is 13.7. The molecule has 1 aromatic rings. The summed E-state index contributed by atoms with van der Waals surface area (Å²) in [5.74, 6) is -1.08. The Labute approximate surface area is 198 Å². The average Bonchev–Trinajstić information content (AvgIpc) is 2.80. The van der Waals surface area contributed by atoms with Crippen molar-refractivity contribution in [3.8, 4) is 5.75 Å². The predicted molar refractivity (Wildman–Crippen MR) is 127 cm³/mol. The largest absolute Gasteiger partial charge is 0.496 e. The first kappa shape index (κ1) is 24.9. The van der Waals surface area contributed by atoms with Gasteiger partial charge in [-0.15, -0.1) is 0 Å². The Morgan fingerprint density at radius 3 is 2.61 bits per heavy atom. The van der Waals surface area contributed by atoms with Crippen molar-refractivity contribution in [1.82, 2.24) is 5.32 Å². The molecule has 1 aromatic carbocycles. The second-order valence-corrected chi connectivity index (χ2v) is 9.50. The second-order valence-electron chi connectivity index (χ2n) is 8.11. The summed E-state index contributed by atoms with van der Waals surface area (Å²) in [6, 6.07) is 7.30. The van der Waals surface area contributed by atoms with Gasteiger partial charge >= 0.3 is 11.9 Å². The number of hydrogen-bond donors (Lipinski definition) is 1. The number of rotatable bonds is 8. The van der Waals surface area contributed by atoms with E-state index in [1.54, 1.807) is 24.9 Å². The Morgan fingerprint density at radius 1 is 1.21 bits per heavy atom. The van der Waals surface area contributed by atoms with Crippen molar-refractivity contribution in [2.45, 2.75) is 33.1 Å². The van der Waals surface area contributed by atoms with E-state index < -0.39 is 23.8 Å². The van der Waals surface area contributed by atoms with Crippen molar-refractivity contribution in [3.05, 3.63) is 52.4 Å². The molecule has 8 heteroatoms. The minimum atomic E-state index is -0.926. The summed E-state index contributed by atoms with van der Waals surface area (Å²) < 4.78 is 16.1. The second kappa shape index (κ2) is 10.9. The molecule has 2 aliphatic rings.